The van der Waals surface area contributed by atoms with Crippen molar-refractivity contribution in [2.45, 2.75) is 24.5 Å². The standard InChI is InChI=1S/C16H21N7O6S/c1-21(2)30(27,28)23-4-8(3-20-23)9-5-22(15-11(9)14(17)18-7-19-15)16-13(26)12(25)10(6-24)29-16/h3-5,7,10,12-13,16,24-26H,6H2,1-2H3,(H2,17,18,19)/t10-,12-,13-,16-/m1/s1. The number of hydrogen-bond donors (Lipinski definition) is 4. The van der Waals surface area contributed by atoms with Crippen molar-refractivity contribution in [1.82, 2.24) is 28.0 Å². The molecule has 0 bridgehead atoms. The fraction of sp³-hybridized carbons (Fsp3) is 0.438. The zero-order valence-electron chi connectivity index (χ0n) is 16.1. The SMILES string of the molecule is CN(C)S(=O)(=O)n1cc(-c2cn([C@@H]3O[C@H](CO)[C@@H](O)[C@H]3O)c3ncnc(N)c23)cn1. The Bertz CT molecular complexity index is 1190. The van der Waals surface area contributed by atoms with Crippen LogP contribution in [0, 0.1) is 0 Å². The normalized spacial score (nSPS) is 24.9. The molecule has 3 aromatic heterocycles. The van der Waals surface area contributed by atoms with E-state index in [0.717, 1.165) is 8.39 Å². The molecule has 0 spiro atoms. The van der Waals surface area contributed by atoms with Gasteiger partial charge in [0.25, 0.3) is 0 Å². The predicted molar refractivity (Wildman–Crippen MR) is 104 cm³/mol. The molecule has 0 radical (unpaired) electrons. The van der Waals surface area contributed by atoms with Crippen LogP contribution in [0.4, 0.5) is 5.82 Å². The molecule has 4 atom stereocenters. The quantitative estimate of drug-likeness (QED) is 0.352. The van der Waals surface area contributed by atoms with Crippen LogP contribution in [0.3, 0.4) is 0 Å². The maximum atomic E-state index is 12.3. The highest BCUT2D eigenvalue weighted by molar-refractivity contribution is 7.87. The van der Waals surface area contributed by atoms with Crippen LogP contribution >= 0.6 is 0 Å². The highest BCUT2D eigenvalue weighted by atomic mass is 32.2. The second-order valence-corrected chi connectivity index (χ2v) is 9.03. The van der Waals surface area contributed by atoms with Crippen LogP contribution in [0.25, 0.3) is 22.2 Å². The van der Waals surface area contributed by atoms with Crippen LogP contribution in [-0.2, 0) is 14.9 Å². The lowest BCUT2D eigenvalue weighted by molar-refractivity contribution is -0.0508. The number of aromatic nitrogens is 5. The third-order valence-electron chi connectivity index (χ3n) is 5.00. The average Bonchev–Trinajstić information content (AvgIpc) is 3.40. The summed E-state index contributed by atoms with van der Waals surface area (Å²) in [6, 6.07) is 0. The first-order chi connectivity index (χ1) is 14.2. The monoisotopic (exact) mass is 439 g/mol. The number of aliphatic hydroxyl groups is 3. The van der Waals surface area contributed by atoms with Gasteiger partial charge in [-0.15, -0.1) is 0 Å². The average molecular weight is 439 g/mol. The molecule has 5 N–H and O–H groups in total. The molecular formula is C16H21N7O6S. The van der Waals surface area contributed by atoms with Crippen LogP contribution in [0.2, 0.25) is 0 Å². The van der Waals surface area contributed by atoms with Gasteiger partial charge in [-0.1, -0.05) is 0 Å². The molecule has 30 heavy (non-hydrogen) atoms. The molecule has 0 amide bonds. The topological polar surface area (TPSA) is 182 Å². The summed E-state index contributed by atoms with van der Waals surface area (Å²) in [7, 11) is -1.05. The Balaban J connectivity index is 1.87. The number of rotatable bonds is 5. The zero-order chi connectivity index (χ0) is 21.8. The van der Waals surface area contributed by atoms with Crippen molar-refractivity contribution in [2.24, 2.45) is 0 Å². The third kappa shape index (κ3) is 3.05. The summed E-state index contributed by atoms with van der Waals surface area (Å²) in [6.07, 6.45) is 0.800. The number of nitrogen functional groups attached to an aromatic ring is 1. The molecular weight excluding hydrogens is 418 g/mol. The van der Waals surface area contributed by atoms with Gasteiger partial charge in [0.15, 0.2) is 6.23 Å². The fourth-order valence-electron chi connectivity index (χ4n) is 3.37. The minimum atomic E-state index is -3.82. The predicted octanol–water partition coefficient (Wildman–Crippen LogP) is -1.86. The minimum absolute atomic E-state index is 0.128. The Morgan fingerprint density at radius 3 is 2.60 bits per heavy atom. The molecule has 1 fully saturated rings. The first-order valence-corrected chi connectivity index (χ1v) is 10.3. The number of ether oxygens (including phenoxy) is 1. The smallest absolute Gasteiger partial charge is 0.322 e. The second kappa shape index (κ2) is 7.26. The van der Waals surface area contributed by atoms with Crippen molar-refractivity contribution < 1.29 is 28.5 Å². The first kappa shape index (κ1) is 20.6. The largest absolute Gasteiger partial charge is 0.394 e. The summed E-state index contributed by atoms with van der Waals surface area (Å²) in [5.41, 5.74) is 7.23. The summed E-state index contributed by atoms with van der Waals surface area (Å²) in [5.74, 6) is 0.128. The van der Waals surface area contributed by atoms with E-state index in [2.05, 4.69) is 15.1 Å². The van der Waals surface area contributed by atoms with Crippen LogP contribution in [-0.4, -0.2) is 90.8 Å². The van der Waals surface area contributed by atoms with Crippen molar-refractivity contribution in [3.05, 3.63) is 24.9 Å². The van der Waals surface area contributed by atoms with Gasteiger partial charge in [-0.05, 0) is 0 Å². The van der Waals surface area contributed by atoms with Crippen LogP contribution in [0.1, 0.15) is 6.23 Å². The molecule has 1 aliphatic heterocycles. The Morgan fingerprint density at radius 2 is 1.97 bits per heavy atom. The number of anilines is 1. The van der Waals surface area contributed by atoms with Gasteiger partial charge in [-0.25, -0.2) is 9.97 Å². The lowest BCUT2D eigenvalue weighted by Crippen LogP contribution is -2.33. The van der Waals surface area contributed by atoms with E-state index in [0.29, 0.717) is 22.2 Å². The van der Waals surface area contributed by atoms with Crippen molar-refractivity contribution in [1.29, 1.82) is 0 Å². The fourth-order valence-corrected chi connectivity index (χ4v) is 4.12. The van der Waals surface area contributed by atoms with E-state index >= 15 is 0 Å². The lowest BCUT2D eigenvalue weighted by Gasteiger charge is -2.17. The van der Waals surface area contributed by atoms with E-state index in [1.165, 1.54) is 37.4 Å². The second-order valence-electron chi connectivity index (χ2n) is 7.03. The van der Waals surface area contributed by atoms with E-state index < -0.39 is 41.4 Å². The van der Waals surface area contributed by atoms with Crippen LogP contribution < -0.4 is 5.73 Å². The molecule has 4 rings (SSSR count). The van der Waals surface area contributed by atoms with Crippen molar-refractivity contribution in [3.8, 4) is 11.1 Å². The van der Waals surface area contributed by atoms with E-state index in [1.807, 2.05) is 0 Å². The summed E-state index contributed by atoms with van der Waals surface area (Å²) in [4.78, 5) is 8.20. The number of fused-ring (bicyclic) bond motifs is 1. The zero-order valence-corrected chi connectivity index (χ0v) is 16.9. The Labute approximate surface area is 171 Å². The third-order valence-corrected chi connectivity index (χ3v) is 6.59. The van der Waals surface area contributed by atoms with Gasteiger partial charge in [-0.2, -0.15) is 21.9 Å². The number of nitrogens with two attached hydrogens (primary N) is 1. The van der Waals surface area contributed by atoms with E-state index in [9.17, 15) is 23.7 Å². The Morgan fingerprint density at radius 1 is 1.23 bits per heavy atom. The molecule has 0 saturated carbocycles. The summed E-state index contributed by atoms with van der Waals surface area (Å²) in [5, 5.41) is 34.2. The molecule has 1 aliphatic rings. The maximum absolute atomic E-state index is 12.3. The maximum Gasteiger partial charge on any atom is 0.322 e. The van der Waals surface area contributed by atoms with Crippen molar-refractivity contribution in [3.63, 3.8) is 0 Å². The first-order valence-electron chi connectivity index (χ1n) is 8.88. The molecule has 1 saturated heterocycles. The molecule has 14 heteroatoms. The molecule has 0 aromatic carbocycles. The molecule has 4 heterocycles. The summed E-state index contributed by atoms with van der Waals surface area (Å²) >= 11 is 0. The van der Waals surface area contributed by atoms with E-state index in [-0.39, 0.29) is 5.82 Å². The lowest BCUT2D eigenvalue weighted by atomic mass is 10.1. The number of nitrogens with zero attached hydrogens (tertiary/aromatic N) is 6. The van der Waals surface area contributed by atoms with Gasteiger partial charge >= 0.3 is 10.2 Å². The molecule has 0 unspecified atom stereocenters. The van der Waals surface area contributed by atoms with Crippen LogP contribution in [0.15, 0.2) is 24.9 Å². The van der Waals surface area contributed by atoms with Gasteiger partial charge in [0.2, 0.25) is 0 Å². The van der Waals surface area contributed by atoms with E-state index in [1.54, 1.807) is 6.20 Å². The highest BCUT2D eigenvalue weighted by Crippen LogP contribution is 2.38. The van der Waals surface area contributed by atoms with Gasteiger partial charge in [0.1, 0.15) is 36.1 Å². The van der Waals surface area contributed by atoms with Gasteiger partial charge in [0, 0.05) is 31.4 Å². The minimum Gasteiger partial charge on any atom is -0.394 e. The summed E-state index contributed by atoms with van der Waals surface area (Å²) < 4.78 is 33.6. The number of hydrogen-bond acceptors (Lipinski definition) is 10. The van der Waals surface area contributed by atoms with E-state index in [4.69, 9.17) is 10.5 Å². The Hall–Kier alpha value is -2.62. The van der Waals surface area contributed by atoms with Crippen LogP contribution in [0.5, 0.6) is 0 Å². The van der Waals surface area contributed by atoms with Crippen molar-refractivity contribution >= 4 is 27.1 Å². The Kier molecular flexibility index (Phi) is 5.00. The summed E-state index contributed by atoms with van der Waals surface area (Å²) in [6.45, 7) is -0.479. The number of aliphatic hydroxyl groups excluding tert-OH is 3. The van der Waals surface area contributed by atoms with Gasteiger partial charge in [0.05, 0.1) is 24.4 Å². The van der Waals surface area contributed by atoms with Gasteiger partial charge < -0.3 is 30.4 Å². The molecule has 13 nitrogen and oxygen atoms in total. The van der Waals surface area contributed by atoms with Gasteiger partial charge in [-0.3, -0.25) is 0 Å². The highest BCUT2D eigenvalue weighted by Gasteiger charge is 2.44. The molecule has 0 aliphatic carbocycles. The van der Waals surface area contributed by atoms with Crippen molar-refractivity contribution in [2.75, 3.05) is 26.4 Å². The molecule has 162 valence electrons. The molecule has 3 aromatic rings.